The Labute approximate surface area is 175 Å². The fourth-order valence-electron chi connectivity index (χ4n) is 3.02. The van der Waals surface area contributed by atoms with Crippen LogP contribution < -0.4 is 5.32 Å². The molecule has 4 nitrogen and oxygen atoms in total. The van der Waals surface area contributed by atoms with Gasteiger partial charge in [-0.2, -0.15) is 0 Å². The van der Waals surface area contributed by atoms with Crippen LogP contribution in [0.2, 0.25) is 5.02 Å². The highest BCUT2D eigenvalue weighted by molar-refractivity contribution is 7.84. The minimum absolute atomic E-state index is 0.0915. The molecule has 7 heteroatoms. The van der Waals surface area contributed by atoms with Crippen molar-refractivity contribution >= 4 is 49.8 Å². The molecular weight excluding hydrogens is 410 g/mol. The monoisotopic (exact) mass is 427 g/mol. The normalized spacial score (nSPS) is 13.4. The van der Waals surface area contributed by atoms with E-state index in [1.807, 2.05) is 54.6 Å². The predicted molar refractivity (Wildman–Crippen MR) is 120 cm³/mol. The van der Waals surface area contributed by atoms with Crippen molar-refractivity contribution in [2.24, 2.45) is 0 Å². The average Bonchev–Trinajstić information content (AvgIpc) is 3.14. The molecule has 0 aliphatic heterocycles. The Morgan fingerprint density at radius 2 is 1.86 bits per heavy atom. The number of thiophene rings is 1. The molecule has 4 rings (SSSR count). The molecule has 2 atom stereocenters. The Morgan fingerprint density at radius 1 is 1.11 bits per heavy atom. The molecule has 0 radical (unpaired) electrons. The first-order chi connectivity index (χ1) is 13.6. The minimum atomic E-state index is -0.945. The van der Waals surface area contributed by atoms with E-state index in [4.69, 9.17) is 11.6 Å². The number of nitrogens with one attached hydrogen (secondary N) is 1. The fourth-order valence-corrected chi connectivity index (χ4v) is 4.96. The second kappa shape index (κ2) is 8.39. The van der Waals surface area contributed by atoms with Crippen molar-refractivity contribution in [1.29, 1.82) is 0 Å². The summed E-state index contributed by atoms with van der Waals surface area (Å²) < 4.78 is 12.9. The van der Waals surface area contributed by atoms with E-state index in [2.05, 4.69) is 21.4 Å². The van der Waals surface area contributed by atoms with Gasteiger partial charge in [0.15, 0.2) is 0 Å². The van der Waals surface area contributed by atoms with Gasteiger partial charge >= 0.3 is 0 Å². The van der Waals surface area contributed by atoms with E-state index < -0.39 is 10.8 Å². The highest BCUT2D eigenvalue weighted by Crippen LogP contribution is 2.37. The number of fused-ring (bicyclic) bond motifs is 1. The molecule has 2 aromatic carbocycles. The Balaban J connectivity index is 1.71. The van der Waals surface area contributed by atoms with Gasteiger partial charge in [-0.1, -0.05) is 54.1 Å². The average molecular weight is 428 g/mol. The maximum Gasteiger partial charge on any atom is 0.147 e. The molecule has 0 amide bonds. The molecule has 1 N–H and O–H groups in total. The highest BCUT2D eigenvalue weighted by Gasteiger charge is 2.17. The van der Waals surface area contributed by atoms with Gasteiger partial charge in [0.1, 0.15) is 12.1 Å². The van der Waals surface area contributed by atoms with Crippen LogP contribution in [0.3, 0.4) is 0 Å². The van der Waals surface area contributed by atoms with Crippen LogP contribution in [0.15, 0.2) is 67.0 Å². The summed E-state index contributed by atoms with van der Waals surface area (Å²) in [7, 11) is -0.945. The van der Waals surface area contributed by atoms with Crippen molar-refractivity contribution < 1.29 is 4.21 Å². The van der Waals surface area contributed by atoms with Gasteiger partial charge in [0.2, 0.25) is 0 Å². The number of rotatable bonds is 6. The van der Waals surface area contributed by atoms with Crippen LogP contribution >= 0.6 is 22.9 Å². The number of nitrogens with zero attached hydrogens (tertiary/aromatic N) is 2. The highest BCUT2D eigenvalue weighted by atomic mass is 35.5. The SMILES string of the molecule is C[S@@](=O)C[C@H](Nc1ncnc2cc(-c3ccc(Cl)cc3)sc12)c1ccccc1. The van der Waals surface area contributed by atoms with Gasteiger partial charge in [-0.15, -0.1) is 11.3 Å². The molecule has 2 aromatic heterocycles. The smallest absolute Gasteiger partial charge is 0.147 e. The van der Waals surface area contributed by atoms with Gasteiger partial charge in [-0.3, -0.25) is 4.21 Å². The van der Waals surface area contributed by atoms with E-state index in [1.54, 1.807) is 23.9 Å². The van der Waals surface area contributed by atoms with Crippen molar-refractivity contribution in [3.8, 4) is 10.4 Å². The van der Waals surface area contributed by atoms with E-state index in [1.165, 1.54) is 0 Å². The molecule has 0 unspecified atom stereocenters. The van der Waals surface area contributed by atoms with Crippen molar-refractivity contribution in [1.82, 2.24) is 9.97 Å². The van der Waals surface area contributed by atoms with Crippen LogP contribution in [0, 0.1) is 0 Å². The maximum atomic E-state index is 11.9. The summed E-state index contributed by atoms with van der Waals surface area (Å²) in [4.78, 5) is 9.99. The molecule has 4 aromatic rings. The van der Waals surface area contributed by atoms with Crippen molar-refractivity contribution in [3.05, 3.63) is 77.6 Å². The van der Waals surface area contributed by atoms with Crippen LogP contribution in [0.1, 0.15) is 11.6 Å². The van der Waals surface area contributed by atoms with Gasteiger partial charge in [-0.05, 0) is 29.3 Å². The minimum Gasteiger partial charge on any atom is -0.361 e. The van der Waals surface area contributed by atoms with Crippen LogP contribution in [0.25, 0.3) is 20.7 Å². The van der Waals surface area contributed by atoms with Gasteiger partial charge in [0.05, 0.1) is 16.3 Å². The lowest BCUT2D eigenvalue weighted by atomic mass is 10.1. The lowest BCUT2D eigenvalue weighted by molar-refractivity contribution is 0.682. The second-order valence-electron chi connectivity index (χ2n) is 6.40. The predicted octanol–water partition coefficient (Wildman–Crippen LogP) is 5.54. The first-order valence-electron chi connectivity index (χ1n) is 8.72. The van der Waals surface area contributed by atoms with E-state index in [-0.39, 0.29) is 6.04 Å². The molecular formula is C21H18ClN3OS2. The largest absolute Gasteiger partial charge is 0.361 e. The first-order valence-corrected chi connectivity index (χ1v) is 11.6. The van der Waals surface area contributed by atoms with Gasteiger partial charge < -0.3 is 5.32 Å². The topological polar surface area (TPSA) is 54.9 Å². The number of benzene rings is 2. The Bertz CT molecular complexity index is 1110. The summed E-state index contributed by atoms with van der Waals surface area (Å²) in [5.74, 6) is 1.26. The molecule has 0 bridgehead atoms. The third-order valence-electron chi connectivity index (χ3n) is 4.35. The molecule has 142 valence electrons. The zero-order chi connectivity index (χ0) is 19.5. The zero-order valence-corrected chi connectivity index (χ0v) is 17.5. The standard InChI is InChI=1S/C21H18ClN3OS2/c1-28(26)12-18(14-5-3-2-4-6-14)25-21-20-17(23-13-24-21)11-19(27-20)15-7-9-16(22)10-8-15/h2-11,13,18H,12H2,1H3,(H,23,24,25)/t18-,28+/m0/s1. The molecule has 28 heavy (non-hydrogen) atoms. The number of hydrogen-bond acceptors (Lipinski definition) is 5. The van der Waals surface area contributed by atoms with Crippen LogP contribution in [0.5, 0.6) is 0 Å². The molecule has 0 saturated carbocycles. The molecule has 0 aliphatic carbocycles. The molecule has 2 heterocycles. The van der Waals surface area contributed by atoms with Crippen LogP contribution in [-0.4, -0.2) is 26.2 Å². The zero-order valence-electron chi connectivity index (χ0n) is 15.1. The second-order valence-corrected chi connectivity index (χ2v) is 9.37. The Hall–Kier alpha value is -2.28. The molecule has 0 spiro atoms. The maximum absolute atomic E-state index is 11.9. The van der Waals surface area contributed by atoms with E-state index in [0.29, 0.717) is 10.8 Å². The van der Waals surface area contributed by atoms with Crippen molar-refractivity contribution in [2.75, 3.05) is 17.3 Å². The number of halogens is 1. The van der Waals surface area contributed by atoms with Gasteiger partial charge in [0.25, 0.3) is 0 Å². The summed E-state index contributed by atoms with van der Waals surface area (Å²) >= 11 is 7.64. The summed E-state index contributed by atoms with van der Waals surface area (Å²) in [6, 6.07) is 19.8. The third kappa shape index (κ3) is 4.24. The Morgan fingerprint density at radius 3 is 2.57 bits per heavy atom. The van der Waals surface area contributed by atoms with Crippen molar-refractivity contribution in [2.45, 2.75) is 6.04 Å². The fraction of sp³-hybridized carbons (Fsp3) is 0.143. The molecule has 0 aliphatic rings. The molecule has 0 fully saturated rings. The quantitative estimate of drug-likeness (QED) is 0.438. The van der Waals surface area contributed by atoms with Crippen LogP contribution in [0.4, 0.5) is 5.82 Å². The van der Waals surface area contributed by atoms with E-state index >= 15 is 0 Å². The van der Waals surface area contributed by atoms with E-state index in [0.717, 1.165) is 32.0 Å². The molecule has 0 saturated heterocycles. The third-order valence-corrected chi connectivity index (χ3v) is 6.59. The first kappa shape index (κ1) is 19.1. The Kier molecular flexibility index (Phi) is 5.71. The van der Waals surface area contributed by atoms with Gasteiger partial charge in [-0.25, -0.2) is 9.97 Å². The number of anilines is 1. The van der Waals surface area contributed by atoms with E-state index in [9.17, 15) is 4.21 Å². The summed E-state index contributed by atoms with van der Waals surface area (Å²) in [6.45, 7) is 0. The summed E-state index contributed by atoms with van der Waals surface area (Å²) in [6.07, 6.45) is 3.28. The summed E-state index contributed by atoms with van der Waals surface area (Å²) in [5, 5.41) is 4.20. The van der Waals surface area contributed by atoms with Crippen molar-refractivity contribution in [3.63, 3.8) is 0 Å². The number of aromatic nitrogens is 2. The summed E-state index contributed by atoms with van der Waals surface area (Å²) in [5.41, 5.74) is 3.06. The lowest BCUT2D eigenvalue weighted by Gasteiger charge is -2.19. The van der Waals surface area contributed by atoms with Crippen LogP contribution in [-0.2, 0) is 10.8 Å². The number of hydrogen-bond donors (Lipinski definition) is 1. The van der Waals surface area contributed by atoms with Gasteiger partial charge in [0, 0.05) is 32.7 Å². The lowest BCUT2D eigenvalue weighted by Crippen LogP contribution is -2.18.